The highest BCUT2D eigenvalue weighted by atomic mass is 16.5. The Balaban J connectivity index is 0.000000105. The lowest BCUT2D eigenvalue weighted by Crippen LogP contribution is -2.49. The van der Waals surface area contributed by atoms with Gasteiger partial charge in [-0.05, 0) is 331 Å². The number of hydrogen-bond donors (Lipinski definition) is 8. The highest BCUT2D eigenvalue weighted by Crippen LogP contribution is 2.43. The zero-order valence-corrected chi connectivity index (χ0v) is 86.0. The van der Waals surface area contributed by atoms with Crippen molar-refractivity contribution >= 4 is 117 Å². The number of hydrogen-bond acceptors (Lipinski definition) is 28. The highest BCUT2D eigenvalue weighted by Gasteiger charge is 2.39. The monoisotopic (exact) mass is 2000 g/mol. The molecule has 8 saturated carbocycles. The lowest BCUT2D eigenvalue weighted by Gasteiger charge is -2.38. The van der Waals surface area contributed by atoms with Gasteiger partial charge in [-0.3, -0.25) is 61.9 Å². The number of ether oxygens (including phenoxy) is 1. The Hall–Kier alpha value is -10.4. The summed E-state index contributed by atoms with van der Waals surface area (Å²) in [6, 6.07) is 27.7. The summed E-state index contributed by atoms with van der Waals surface area (Å²) in [6.45, 7) is 25.1. The lowest BCUT2D eigenvalue weighted by molar-refractivity contribution is 0.0100. The van der Waals surface area contributed by atoms with Crippen LogP contribution in [0.3, 0.4) is 0 Å². The summed E-state index contributed by atoms with van der Waals surface area (Å²) in [4.78, 5) is 112. The molecule has 32 nitrogen and oxygen atoms in total. The van der Waals surface area contributed by atoms with Crippen LogP contribution < -0.4 is 48.4 Å². The molecular weight excluding hydrogens is 1850 g/mol. The Kier molecular flexibility index (Phi) is 29.0. The van der Waals surface area contributed by atoms with Crippen LogP contribution in [0.1, 0.15) is 253 Å². The summed E-state index contributed by atoms with van der Waals surface area (Å²) >= 11 is 0. The number of piperidine rings is 1. The predicted octanol–water partition coefficient (Wildman–Crippen LogP) is 14.8. The van der Waals surface area contributed by atoms with E-state index >= 15 is 0 Å². The molecule has 7 aliphatic heterocycles. The van der Waals surface area contributed by atoms with Crippen LogP contribution in [-0.4, -0.2) is 281 Å². The second kappa shape index (κ2) is 43.2. The number of aliphatic hydroxyl groups is 4. The Morgan fingerprint density at radius 2 is 0.633 bits per heavy atom. The van der Waals surface area contributed by atoms with Gasteiger partial charge in [0.25, 0.3) is 22.2 Å². The van der Waals surface area contributed by atoms with Crippen molar-refractivity contribution in [2.45, 2.75) is 298 Å². The van der Waals surface area contributed by atoms with Crippen molar-refractivity contribution < 1.29 is 25.2 Å². The molecule has 8 aliphatic carbocycles. The number of anilines is 5. The number of nitrogens with one attached hydrogen (secondary N) is 4. The van der Waals surface area contributed by atoms with Gasteiger partial charge in [-0.15, -0.1) is 0 Å². The van der Waals surface area contributed by atoms with Crippen molar-refractivity contribution in [2.24, 2.45) is 23.7 Å². The zero-order valence-electron chi connectivity index (χ0n) is 86.0. The van der Waals surface area contributed by atoms with Crippen LogP contribution in [-0.2, 0) is 24.4 Å². The van der Waals surface area contributed by atoms with Crippen molar-refractivity contribution in [3.8, 4) is 0 Å². The summed E-state index contributed by atoms with van der Waals surface area (Å²) < 4.78 is 13.2. The third-order valence-corrected chi connectivity index (χ3v) is 35.8. The quantitative estimate of drug-likeness (QED) is 0.0261. The van der Waals surface area contributed by atoms with Gasteiger partial charge in [0, 0.05) is 222 Å². The van der Waals surface area contributed by atoms with Crippen molar-refractivity contribution in [3.63, 3.8) is 0 Å². The first-order chi connectivity index (χ1) is 71.8. The smallest absolute Gasteiger partial charge is 0.260 e. The minimum absolute atomic E-state index is 0.00899. The number of aliphatic hydroxyl groups excluding tert-OH is 3. The van der Waals surface area contributed by atoms with Crippen LogP contribution in [0.2, 0.25) is 0 Å². The Morgan fingerprint density at radius 3 is 0.986 bits per heavy atom. The topological polar surface area (TPSA) is 352 Å². The molecule has 4 aromatic carbocycles. The molecule has 147 heavy (non-hydrogen) atoms. The number of likely N-dealkylation sites (tertiary alicyclic amines) is 1. The lowest BCUT2D eigenvalue weighted by atomic mass is 9.83. The van der Waals surface area contributed by atoms with Gasteiger partial charge in [-0.25, -0.2) is 19.9 Å². The summed E-state index contributed by atoms with van der Waals surface area (Å²) in [7, 11) is 0. The highest BCUT2D eigenvalue weighted by molar-refractivity contribution is 6.08. The molecule has 12 aromatic rings. The number of benzene rings is 4. The summed E-state index contributed by atoms with van der Waals surface area (Å²) in [5, 5.41) is 64.9. The molecule has 2 atom stereocenters. The van der Waals surface area contributed by atoms with Crippen LogP contribution in [0.15, 0.2) is 117 Å². The largest absolute Gasteiger partial charge is 0.393 e. The van der Waals surface area contributed by atoms with E-state index in [1.807, 2.05) is 50.0 Å². The van der Waals surface area contributed by atoms with Crippen molar-refractivity contribution in [2.75, 3.05) is 157 Å². The second-order valence-electron chi connectivity index (χ2n) is 46.7. The number of aromatic nitrogens is 12. The first kappa shape index (κ1) is 98.6. The maximum Gasteiger partial charge on any atom is 0.260 e. The zero-order chi connectivity index (χ0) is 99.5. The van der Waals surface area contributed by atoms with E-state index in [9.17, 15) is 39.6 Å². The SMILES string of the molecule is CC1(O)CCC(n2c(=O)c3cc(CN4CCOCC4)ccc3c3cnc(NCC4CC4)nc32)CC1.O=c1c2cc(CN3CCN4CCC[C@@H]4C3)ccc2c2cnc(NCC3CC3)nc2n1C1CCC(O)CC1.O=c1c2cc(CN3CCN4CCC[C@H]4C3)ccc2c2cnc(NCC3CC3)nc2n1C1CCC(O)CC1.O=c1c2cc(N3CCC(N4CCCC4)CC3)ccc2c2cnc(NCC3CC3)nc2n1C1CCC(O)CC1. The number of piperazine rings is 2. The van der Waals surface area contributed by atoms with Gasteiger partial charge in [0.2, 0.25) is 23.8 Å². The minimum atomic E-state index is -0.663. The van der Waals surface area contributed by atoms with E-state index in [1.54, 1.807) is 0 Å². The molecule has 15 aliphatic rings. The fraction of sp³-hybridized carbons (Fsp3) is 0.617. The average Bonchev–Trinajstić information content (AvgIpc) is 1.64. The van der Waals surface area contributed by atoms with E-state index in [0.717, 1.165) is 307 Å². The average molecular weight is 2000 g/mol. The van der Waals surface area contributed by atoms with Crippen LogP contribution in [0.5, 0.6) is 0 Å². The predicted molar refractivity (Wildman–Crippen MR) is 581 cm³/mol. The summed E-state index contributed by atoms with van der Waals surface area (Å²) in [6.07, 6.45) is 39.1. The van der Waals surface area contributed by atoms with Gasteiger partial charge in [0.1, 0.15) is 22.6 Å². The van der Waals surface area contributed by atoms with Gasteiger partial charge in [-0.1, -0.05) is 42.5 Å². The molecule has 8 N–H and O–H groups in total. The number of rotatable bonds is 24. The van der Waals surface area contributed by atoms with Gasteiger partial charge < -0.3 is 56.2 Å². The standard InChI is InChI=1S/C30H40N6O2.2C29H38N6O2.C27H35N5O3/c37-24-8-5-22(6-9-24)36-28-27(19-32-30(33-28)31-18-20-3-4-20)25-10-7-23(17-26(25)29(36)38)35-15-11-21(12-16-35)34-13-1-2-14-34;2*36-23-8-6-21(7-9-23)35-27-26(16-31-29(32-27)30-15-19-3-4-19)24-10-5-20(14-25(24)28(35)37)17-33-12-13-34-11-1-2-22(34)18-33;1-27(34)8-6-20(7-9-27)32-24-23(16-29-26(30-24)28-15-18-2-3-18)21-5-4-19(14-22(21)25(32)33)17-31-10-12-35-13-11-31/h7,10,17,19-22,24,37H,1-6,8-9,11-16,18H2,(H,31,32,33);2*5,10,14,16,19,21-23,36H,1-4,6-9,11-13,15,17-18H2,(H,30,31,32);4-5,14,16,18,20,34H,2-3,6-13,15,17H2,1H3,(H,28,29,30)/t;2*21?,22-,23?;/m.10./s1. The number of morpholine rings is 1. The van der Waals surface area contributed by atoms with Crippen LogP contribution in [0.4, 0.5) is 29.5 Å². The van der Waals surface area contributed by atoms with Gasteiger partial charge in [-0.2, -0.15) is 19.9 Å². The normalized spacial score (nSPS) is 26.4. The first-order valence-corrected chi connectivity index (χ1v) is 56.7. The molecule has 15 heterocycles. The van der Waals surface area contributed by atoms with Gasteiger partial charge >= 0.3 is 0 Å². The van der Waals surface area contributed by atoms with Crippen molar-refractivity contribution in [3.05, 3.63) is 156 Å². The van der Waals surface area contributed by atoms with Crippen molar-refractivity contribution in [1.29, 1.82) is 0 Å². The van der Waals surface area contributed by atoms with Crippen LogP contribution >= 0.6 is 0 Å². The second-order valence-corrected chi connectivity index (χ2v) is 46.7. The summed E-state index contributed by atoms with van der Waals surface area (Å²) in [5.41, 5.74) is 6.99. The van der Waals surface area contributed by atoms with Gasteiger partial charge in [0.15, 0.2) is 0 Å². The van der Waals surface area contributed by atoms with E-state index in [4.69, 9.17) is 24.7 Å². The number of fused-ring (bicyclic) bond motifs is 14. The van der Waals surface area contributed by atoms with E-state index < -0.39 is 5.60 Å². The molecule has 780 valence electrons. The third-order valence-electron chi connectivity index (χ3n) is 35.8. The summed E-state index contributed by atoms with van der Waals surface area (Å²) in [5.74, 6) is 5.25. The van der Waals surface area contributed by atoms with E-state index in [2.05, 4.69) is 148 Å². The Labute approximate surface area is 859 Å². The Morgan fingerprint density at radius 1 is 0.313 bits per heavy atom. The molecule has 27 rings (SSSR count). The molecule has 0 bridgehead atoms. The third kappa shape index (κ3) is 22.2. The maximum absolute atomic E-state index is 14.2. The molecule has 8 aromatic heterocycles. The molecule has 0 amide bonds. The number of pyridine rings is 4. The first-order valence-electron chi connectivity index (χ1n) is 56.7. The fourth-order valence-electron chi connectivity index (χ4n) is 26.2. The number of nitrogens with zero attached hydrogens (tertiary/aromatic N) is 19. The van der Waals surface area contributed by atoms with Crippen molar-refractivity contribution in [1.82, 2.24) is 87.5 Å². The maximum atomic E-state index is 14.2. The fourth-order valence-corrected chi connectivity index (χ4v) is 26.2. The molecule has 0 unspecified atom stereocenters. The van der Waals surface area contributed by atoms with E-state index in [-0.39, 0.29) is 64.7 Å². The van der Waals surface area contributed by atoms with Crippen LogP contribution in [0, 0.1) is 23.7 Å². The molecule has 7 saturated heterocycles. The van der Waals surface area contributed by atoms with E-state index in [1.165, 1.54) is 140 Å². The van der Waals surface area contributed by atoms with Crippen LogP contribution in [0.25, 0.3) is 87.2 Å². The van der Waals surface area contributed by atoms with E-state index in [0.29, 0.717) is 84.1 Å². The minimum Gasteiger partial charge on any atom is -0.393 e. The molecule has 0 radical (unpaired) electrons. The van der Waals surface area contributed by atoms with Gasteiger partial charge in [0.05, 0.1) is 42.5 Å². The molecular formula is C115H151N23O9. The Bertz CT molecular complexity index is 6820. The molecule has 32 heteroatoms. The molecule has 0 spiro atoms. The molecule has 15 fully saturated rings.